The van der Waals surface area contributed by atoms with E-state index in [0.717, 1.165) is 12.8 Å². The van der Waals surface area contributed by atoms with Gasteiger partial charge in [0.05, 0.1) is 18.4 Å². The molecule has 26 heavy (non-hydrogen) atoms. The van der Waals surface area contributed by atoms with Gasteiger partial charge >= 0.3 is 0 Å². The van der Waals surface area contributed by atoms with Crippen LogP contribution in [0.3, 0.4) is 0 Å². The average Bonchev–Trinajstić information content (AvgIpc) is 2.83. The third kappa shape index (κ3) is 3.26. The van der Waals surface area contributed by atoms with Crippen molar-refractivity contribution in [2.24, 2.45) is 0 Å². The van der Waals surface area contributed by atoms with Crippen LogP contribution in [0.4, 0.5) is 11.5 Å². The van der Waals surface area contributed by atoms with Crippen LogP contribution in [0.15, 0.2) is 24.7 Å². The Morgan fingerprint density at radius 2 is 2.00 bits per heavy atom. The largest absolute Gasteiger partial charge is 0.475 e. The van der Waals surface area contributed by atoms with Crippen LogP contribution in [0.2, 0.25) is 0 Å². The summed E-state index contributed by atoms with van der Waals surface area (Å²) in [5.41, 5.74) is 6.70. The lowest BCUT2D eigenvalue weighted by Crippen LogP contribution is -2.33. The third-order valence-corrected chi connectivity index (χ3v) is 4.73. The van der Waals surface area contributed by atoms with E-state index >= 15 is 0 Å². The molecule has 8 nitrogen and oxygen atoms in total. The van der Waals surface area contributed by atoms with E-state index in [0.29, 0.717) is 24.7 Å². The molecule has 2 N–H and O–H groups in total. The summed E-state index contributed by atoms with van der Waals surface area (Å²) in [6.07, 6.45) is 8.99. The normalized spacial score (nSPS) is 18.0. The van der Waals surface area contributed by atoms with Gasteiger partial charge in [-0.1, -0.05) is 6.42 Å². The summed E-state index contributed by atoms with van der Waals surface area (Å²) in [5, 5.41) is 0. The zero-order valence-corrected chi connectivity index (χ0v) is 14.4. The van der Waals surface area contributed by atoms with Gasteiger partial charge in [0.15, 0.2) is 0 Å². The molecule has 1 aliphatic heterocycles. The zero-order valence-electron chi connectivity index (χ0n) is 14.4. The van der Waals surface area contributed by atoms with Crippen LogP contribution in [0.1, 0.15) is 42.5 Å². The first-order valence-corrected chi connectivity index (χ1v) is 8.90. The maximum Gasteiger partial charge on any atom is 0.267 e. The molecule has 0 unspecified atom stereocenters. The first-order valence-electron chi connectivity index (χ1n) is 8.90. The predicted octanol–water partition coefficient (Wildman–Crippen LogP) is 2.20. The fourth-order valence-corrected chi connectivity index (χ4v) is 3.36. The van der Waals surface area contributed by atoms with Gasteiger partial charge in [-0.3, -0.25) is 4.79 Å². The van der Waals surface area contributed by atoms with E-state index in [9.17, 15) is 4.79 Å². The second-order valence-electron chi connectivity index (χ2n) is 6.48. The molecule has 0 aromatic carbocycles. The Morgan fingerprint density at radius 1 is 1.15 bits per heavy atom. The monoisotopic (exact) mass is 355 g/mol. The second kappa shape index (κ2) is 7.15. The number of nitrogens with two attached hydrogens (primary N) is 1. The van der Waals surface area contributed by atoms with E-state index in [4.69, 9.17) is 15.2 Å². The summed E-state index contributed by atoms with van der Waals surface area (Å²) in [5.74, 6) is 0.619. The molecule has 1 saturated carbocycles. The van der Waals surface area contributed by atoms with Crippen molar-refractivity contribution in [2.45, 2.75) is 38.2 Å². The molecule has 0 atom stereocenters. The number of rotatable bonds is 3. The smallest absolute Gasteiger partial charge is 0.267 e. The van der Waals surface area contributed by atoms with Crippen LogP contribution >= 0.6 is 0 Å². The Morgan fingerprint density at radius 3 is 2.77 bits per heavy atom. The minimum atomic E-state index is -0.293. The topological polar surface area (TPSA) is 103 Å². The number of fused-ring (bicyclic) bond motifs is 1. The molecular formula is C18H21N5O3. The van der Waals surface area contributed by atoms with E-state index in [2.05, 4.69) is 15.0 Å². The molecule has 0 spiro atoms. The number of ether oxygens (including phenoxy) is 2. The number of pyridine rings is 1. The molecule has 0 radical (unpaired) electrons. The molecule has 3 heterocycles. The number of nitrogen functional groups attached to an aromatic ring is 1. The van der Waals surface area contributed by atoms with Crippen molar-refractivity contribution in [3.63, 3.8) is 0 Å². The lowest BCUT2D eigenvalue weighted by Gasteiger charge is -2.23. The van der Waals surface area contributed by atoms with Crippen LogP contribution in [0, 0.1) is 0 Å². The Labute approximate surface area is 151 Å². The first kappa shape index (κ1) is 16.6. The van der Waals surface area contributed by atoms with Crippen LogP contribution in [0.25, 0.3) is 0 Å². The predicted molar refractivity (Wildman–Crippen MR) is 95.4 cm³/mol. The number of hydrogen-bond acceptors (Lipinski definition) is 7. The highest BCUT2D eigenvalue weighted by Crippen LogP contribution is 2.28. The number of carbonyl (C=O) groups is 1. The molecule has 1 aliphatic carbocycles. The highest BCUT2D eigenvalue weighted by Gasteiger charge is 2.29. The summed E-state index contributed by atoms with van der Waals surface area (Å²) in [6, 6.07) is 3.63. The van der Waals surface area contributed by atoms with E-state index in [-0.39, 0.29) is 29.3 Å². The van der Waals surface area contributed by atoms with Crippen molar-refractivity contribution in [1.29, 1.82) is 0 Å². The zero-order chi connectivity index (χ0) is 17.9. The minimum absolute atomic E-state index is 0.108. The van der Waals surface area contributed by atoms with Crippen molar-refractivity contribution in [1.82, 2.24) is 15.0 Å². The molecule has 2 aromatic heterocycles. The van der Waals surface area contributed by atoms with Crippen molar-refractivity contribution >= 4 is 17.4 Å². The SMILES string of the molecule is Nc1ncnc2c1C(=O)N(c1ccc(OC3CCCCC3)nc1)CCO2. The number of aromatic nitrogens is 3. The molecule has 1 fully saturated rings. The summed E-state index contributed by atoms with van der Waals surface area (Å²) in [4.78, 5) is 26.7. The molecule has 0 saturated heterocycles. The summed E-state index contributed by atoms with van der Waals surface area (Å²) < 4.78 is 11.5. The number of carbonyl (C=O) groups excluding carboxylic acids is 1. The Balaban J connectivity index is 1.53. The first-order chi connectivity index (χ1) is 12.7. The number of hydrogen-bond donors (Lipinski definition) is 1. The maximum absolute atomic E-state index is 12.9. The fourth-order valence-electron chi connectivity index (χ4n) is 3.36. The molecule has 2 aliphatic rings. The average molecular weight is 355 g/mol. The number of anilines is 2. The molecule has 2 aromatic rings. The lowest BCUT2D eigenvalue weighted by atomic mass is 9.98. The van der Waals surface area contributed by atoms with Gasteiger partial charge in [0.2, 0.25) is 11.8 Å². The standard InChI is InChI=1S/C18H21N5O3/c19-16-15-17(22-11-21-16)25-9-8-23(18(15)24)12-6-7-14(20-10-12)26-13-4-2-1-3-5-13/h6-7,10-11,13H,1-5,8-9H2,(H2,19,21,22). The summed E-state index contributed by atoms with van der Waals surface area (Å²) in [7, 11) is 0. The van der Waals surface area contributed by atoms with Crippen LogP contribution in [-0.4, -0.2) is 40.1 Å². The highest BCUT2D eigenvalue weighted by molar-refractivity contribution is 6.10. The summed E-state index contributed by atoms with van der Waals surface area (Å²) in [6.45, 7) is 0.689. The molecule has 1 amide bonds. The van der Waals surface area contributed by atoms with Crippen molar-refractivity contribution in [3.05, 3.63) is 30.2 Å². The Kier molecular flexibility index (Phi) is 4.55. The Hall–Kier alpha value is -2.90. The molecule has 136 valence electrons. The van der Waals surface area contributed by atoms with Crippen molar-refractivity contribution in [2.75, 3.05) is 23.8 Å². The third-order valence-electron chi connectivity index (χ3n) is 4.73. The van der Waals surface area contributed by atoms with Gasteiger partial charge in [0, 0.05) is 6.07 Å². The van der Waals surface area contributed by atoms with Crippen LogP contribution in [0.5, 0.6) is 11.8 Å². The van der Waals surface area contributed by atoms with Gasteiger partial charge in [-0.15, -0.1) is 0 Å². The Bertz CT molecular complexity index is 790. The van der Waals surface area contributed by atoms with Crippen LogP contribution in [-0.2, 0) is 0 Å². The van der Waals surface area contributed by atoms with Gasteiger partial charge in [0.25, 0.3) is 5.91 Å². The quantitative estimate of drug-likeness (QED) is 0.900. The van der Waals surface area contributed by atoms with Gasteiger partial charge < -0.3 is 20.1 Å². The maximum atomic E-state index is 12.9. The van der Waals surface area contributed by atoms with Gasteiger partial charge in [-0.2, -0.15) is 0 Å². The van der Waals surface area contributed by atoms with Crippen LogP contribution < -0.4 is 20.1 Å². The van der Waals surface area contributed by atoms with E-state index in [1.165, 1.54) is 25.6 Å². The molecule has 8 heteroatoms. The number of nitrogens with zero attached hydrogens (tertiary/aromatic N) is 4. The molecule has 0 bridgehead atoms. The second-order valence-corrected chi connectivity index (χ2v) is 6.48. The molecule has 4 rings (SSSR count). The van der Waals surface area contributed by atoms with Gasteiger partial charge in [-0.25, -0.2) is 15.0 Å². The van der Waals surface area contributed by atoms with E-state index < -0.39 is 0 Å². The minimum Gasteiger partial charge on any atom is -0.475 e. The highest BCUT2D eigenvalue weighted by atomic mass is 16.5. The van der Waals surface area contributed by atoms with E-state index in [1.54, 1.807) is 17.2 Å². The lowest BCUT2D eigenvalue weighted by molar-refractivity contribution is 0.0990. The van der Waals surface area contributed by atoms with Gasteiger partial charge in [-0.05, 0) is 31.7 Å². The molecular weight excluding hydrogens is 334 g/mol. The van der Waals surface area contributed by atoms with Crippen molar-refractivity contribution < 1.29 is 14.3 Å². The van der Waals surface area contributed by atoms with Crippen molar-refractivity contribution in [3.8, 4) is 11.8 Å². The van der Waals surface area contributed by atoms with Gasteiger partial charge in [0.1, 0.15) is 30.4 Å². The van der Waals surface area contributed by atoms with E-state index in [1.807, 2.05) is 6.07 Å². The fraction of sp³-hybridized carbons (Fsp3) is 0.444. The number of amides is 1. The summed E-state index contributed by atoms with van der Waals surface area (Å²) >= 11 is 0.